The highest BCUT2D eigenvalue weighted by molar-refractivity contribution is 6.66. The molecule has 1 aliphatic carbocycles. The molecule has 1 N–H and O–H groups in total. The molecule has 18 heavy (non-hydrogen) atoms. The van der Waals surface area contributed by atoms with Crippen molar-refractivity contribution in [3.63, 3.8) is 0 Å². The monoisotopic (exact) mass is 273 g/mol. The van der Waals surface area contributed by atoms with Crippen LogP contribution in [0, 0.1) is 0 Å². The third kappa shape index (κ3) is 4.65. The summed E-state index contributed by atoms with van der Waals surface area (Å²) in [6.45, 7) is 10.4. The third-order valence-corrected chi connectivity index (χ3v) is 7.32. The van der Waals surface area contributed by atoms with Crippen LogP contribution in [0.2, 0.25) is 5.54 Å². The Morgan fingerprint density at radius 3 is 1.94 bits per heavy atom. The third-order valence-electron chi connectivity index (χ3n) is 3.42. The molecule has 1 aliphatic rings. The molecule has 0 radical (unpaired) electrons. The van der Waals surface area contributed by atoms with Gasteiger partial charge in [-0.05, 0) is 31.7 Å². The fraction of sp³-hybridized carbons (Fsp3) is 1.00. The van der Waals surface area contributed by atoms with Crippen LogP contribution in [0.1, 0.15) is 66.2 Å². The summed E-state index contributed by atoms with van der Waals surface area (Å²) in [5.74, 6) is 0. The zero-order valence-corrected chi connectivity index (χ0v) is 13.6. The van der Waals surface area contributed by atoms with E-state index in [2.05, 4.69) is 32.7 Å². The maximum atomic E-state index is 6.28. The molecule has 0 aliphatic heterocycles. The van der Waals surface area contributed by atoms with Crippen LogP contribution in [-0.4, -0.2) is 28.0 Å². The van der Waals surface area contributed by atoms with Crippen molar-refractivity contribution in [1.82, 2.24) is 4.98 Å². The molecular formula is C14H31NO2Si. The Morgan fingerprint density at radius 1 is 1.06 bits per heavy atom. The van der Waals surface area contributed by atoms with Gasteiger partial charge in [-0.1, -0.05) is 40.5 Å². The fourth-order valence-electron chi connectivity index (χ4n) is 2.69. The van der Waals surface area contributed by atoms with Crippen molar-refractivity contribution in [3.8, 4) is 0 Å². The summed E-state index contributed by atoms with van der Waals surface area (Å²) < 4.78 is 12.6. The van der Waals surface area contributed by atoms with Crippen molar-refractivity contribution in [2.45, 2.75) is 77.8 Å². The molecule has 0 spiro atoms. The molecule has 0 saturated heterocycles. The van der Waals surface area contributed by atoms with Crippen LogP contribution in [0.5, 0.6) is 0 Å². The Hall–Kier alpha value is 0.0969. The lowest BCUT2D eigenvalue weighted by Gasteiger charge is -2.37. The van der Waals surface area contributed by atoms with E-state index in [0.29, 0.717) is 11.6 Å². The summed E-state index contributed by atoms with van der Waals surface area (Å²) in [5.41, 5.74) is 0.637. The highest BCUT2D eigenvalue weighted by Gasteiger charge is 2.48. The largest absolute Gasteiger partial charge is 0.428 e. The van der Waals surface area contributed by atoms with Crippen LogP contribution in [-0.2, 0) is 8.85 Å². The van der Waals surface area contributed by atoms with Crippen LogP contribution in [0.15, 0.2) is 0 Å². The average Bonchev–Trinajstić information content (AvgIpc) is 2.86. The Balaban J connectivity index is 2.75. The van der Waals surface area contributed by atoms with E-state index in [4.69, 9.17) is 8.85 Å². The molecule has 1 rings (SSSR count). The van der Waals surface area contributed by atoms with Gasteiger partial charge in [-0.25, -0.2) is 0 Å². The topological polar surface area (TPSA) is 30.5 Å². The Kier molecular flexibility index (Phi) is 7.45. The van der Waals surface area contributed by atoms with E-state index in [0.717, 1.165) is 26.1 Å². The maximum absolute atomic E-state index is 6.28. The SMILES string of the molecule is CCCO[Si](NC(C)C)(OCCC)C1CCCC1. The van der Waals surface area contributed by atoms with E-state index in [1.165, 1.54) is 25.7 Å². The first-order valence-electron chi connectivity index (χ1n) is 7.70. The molecule has 1 fully saturated rings. The van der Waals surface area contributed by atoms with E-state index < -0.39 is 8.72 Å². The average molecular weight is 273 g/mol. The quantitative estimate of drug-likeness (QED) is 0.649. The van der Waals surface area contributed by atoms with Crippen molar-refractivity contribution in [3.05, 3.63) is 0 Å². The second kappa shape index (κ2) is 8.30. The summed E-state index contributed by atoms with van der Waals surface area (Å²) in [6, 6.07) is 0.436. The second-order valence-electron chi connectivity index (χ2n) is 5.64. The van der Waals surface area contributed by atoms with Crippen LogP contribution in [0.3, 0.4) is 0 Å². The highest BCUT2D eigenvalue weighted by atomic mass is 28.4. The molecule has 3 nitrogen and oxygen atoms in total. The molecule has 4 heteroatoms. The van der Waals surface area contributed by atoms with Crippen LogP contribution in [0.4, 0.5) is 0 Å². The molecule has 0 aromatic rings. The minimum absolute atomic E-state index is 0.436. The zero-order valence-electron chi connectivity index (χ0n) is 12.6. The molecule has 0 aromatic carbocycles. The zero-order chi connectivity index (χ0) is 13.4. The standard InChI is InChI=1S/C14H31NO2Si/c1-5-11-16-18(15-13(3)4,17-12-6-2)14-9-7-8-10-14/h13-15H,5-12H2,1-4H3. The summed E-state index contributed by atoms with van der Waals surface area (Å²) in [5, 5.41) is 0. The molecule has 0 atom stereocenters. The van der Waals surface area contributed by atoms with Crippen molar-refractivity contribution < 1.29 is 8.85 Å². The van der Waals surface area contributed by atoms with Gasteiger partial charge >= 0.3 is 8.72 Å². The normalized spacial score (nSPS) is 17.8. The van der Waals surface area contributed by atoms with Gasteiger partial charge in [0.2, 0.25) is 0 Å². The smallest absolute Gasteiger partial charge is 0.383 e. The first-order chi connectivity index (χ1) is 8.64. The Labute approximate surface area is 114 Å². The Morgan fingerprint density at radius 2 is 1.56 bits per heavy atom. The molecule has 1 saturated carbocycles. The van der Waals surface area contributed by atoms with Crippen LogP contribution >= 0.6 is 0 Å². The van der Waals surface area contributed by atoms with Crippen molar-refractivity contribution in [2.24, 2.45) is 0 Å². The molecule has 0 aromatic heterocycles. The van der Waals surface area contributed by atoms with Crippen LogP contribution in [0.25, 0.3) is 0 Å². The Bertz CT molecular complexity index is 210. The number of nitrogens with one attached hydrogen (secondary N) is 1. The van der Waals surface area contributed by atoms with Gasteiger partial charge in [0.15, 0.2) is 0 Å². The predicted molar refractivity (Wildman–Crippen MR) is 78.7 cm³/mol. The van der Waals surface area contributed by atoms with E-state index in [-0.39, 0.29) is 0 Å². The molecule has 0 bridgehead atoms. The number of hydrogen-bond acceptors (Lipinski definition) is 3. The van der Waals surface area contributed by atoms with Crippen molar-refractivity contribution in [2.75, 3.05) is 13.2 Å². The molecule has 0 unspecified atom stereocenters. The summed E-state index contributed by atoms with van der Waals surface area (Å²) in [6.07, 6.45) is 7.36. The van der Waals surface area contributed by atoms with E-state index >= 15 is 0 Å². The molecular weight excluding hydrogens is 242 g/mol. The summed E-state index contributed by atoms with van der Waals surface area (Å²) in [4.78, 5) is 3.70. The van der Waals surface area contributed by atoms with Gasteiger partial charge in [-0.3, -0.25) is 4.98 Å². The molecule has 0 heterocycles. The van der Waals surface area contributed by atoms with Gasteiger partial charge in [-0.2, -0.15) is 0 Å². The first kappa shape index (κ1) is 16.2. The van der Waals surface area contributed by atoms with Crippen molar-refractivity contribution >= 4 is 8.72 Å². The molecule has 0 amide bonds. The number of hydrogen-bond donors (Lipinski definition) is 1. The fourth-order valence-corrected chi connectivity index (χ4v) is 6.64. The van der Waals surface area contributed by atoms with Gasteiger partial charge in [0.05, 0.1) is 0 Å². The van der Waals surface area contributed by atoms with Gasteiger partial charge in [0, 0.05) is 18.8 Å². The maximum Gasteiger partial charge on any atom is 0.428 e. The van der Waals surface area contributed by atoms with Crippen LogP contribution < -0.4 is 4.98 Å². The summed E-state index contributed by atoms with van der Waals surface area (Å²) in [7, 11) is -2.22. The lowest BCUT2D eigenvalue weighted by molar-refractivity contribution is 0.143. The predicted octanol–water partition coefficient (Wildman–Crippen LogP) is 3.72. The second-order valence-corrected chi connectivity index (χ2v) is 8.66. The molecule has 108 valence electrons. The lowest BCUT2D eigenvalue weighted by atomic mass is 10.4. The van der Waals surface area contributed by atoms with Gasteiger partial charge in [0.1, 0.15) is 0 Å². The highest BCUT2D eigenvalue weighted by Crippen LogP contribution is 2.38. The lowest BCUT2D eigenvalue weighted by Crippen LogP contribution is -2.61. The first-order valence-corrected chi connectivity index (χ1v) is 9.59. The summed E-state index contributed by atoms with van der Waals surface area (Å²) >= 11 is 0. The van der Waals surface area contributed by atoms with E-state index in [1.54, 1.807) is 0 Å². The van der Waals surface area contributed by atoms with Crippen molar-refractivity contribution in [1.29, 1.82) is 0 Å². The van der Waals surface area contributed by atoms with Gasteiger partial charge < -0.3 is 8.85 Å². The number of rotatable bonds is 9. The van der Waals surface area contributed by atoms with Gasteiger partial charge in [0.25, 0.3) is 0 Å². The minimum atomic E-state index is -2.22. The minimum Gasteiger partial charge on any atom is -0.383 e. The van der Waals surface area contributed by atoms with Gasteiger partial charge in [-0.15, -0.1) is 0 Å². The van der Waals surface area contributed by atoms with E-state index in [1.807, 2.05) is 0 Å². The van der Waals surface area contributed by atoms with E-state index in [9.17, 15) is 0 Å².